The lowest BCUT2D eigenvalue weighted by Gasteiger charge is -2.31. The number of anilines is 1. The SMILES string of the molecule is Cc1ccc(NNC2CCC(c3ccc(-c4nc5ccccc5s4)cc3)CC2)c2c1CCCC2. The van der Waals surface area contributed by atoms with E-state index in [2.05, 4.69) is 78.4 Å². The van der Waals surface area contributed by atoms with Crippen LogP contribution in [0.3, 0.4) is 0 Å². The number of nitrogens with one attached hydrogen (secondary N) is 2. The lowest BCUT2D eigenvalue weighted by atomic mass is 9.82. The summed E-state index contributed by atoms with van der Waals surface area (Å²) in [5.74, 6) is 0.662. The molecule has 34 heavy (non-hydrogen) atoms. The van der Waals surface area contributed by atoms with Gasteiger partial charge in [-0.3, -0.25) is 0 Å². The Balaban J connectivity index is 1.06. The van der Waals surface area contributed by atoms with E-state index in [0.29, 0.717) is 12.0 Å². The lowest BCUT2D eigenvalue weighted by Crippen LogP contribution is -2.37. The molecule has 0 radical (unpaired) electrons. The van der Waals surface area contributed by atoms with Crippen LogP contribution >= 0.6 is 11.3 Å². The highest BCUT2D eigenvalue weighted by Gasteiger charge is 2.23. The highest BCUT2D eigenvalue weighted by molar-refractivity contribution is 7.21. The lowest BCUT2D eigenvalue weighted by molar-refractivity contribution is 0.357. The van der Waals surface area contributed by atoms with Crippen molar-refractivity contribution in [2.24, 2.45) is 0 Å². The van der Waals surface area contributed by atoms with Gasteiger partial charge in [-0.05, 0) is 105 Å². The first-order valence-corrected chi connectivity index (χ1v) is 13.6. The van der Waals surface area contributed by atoms with E-state index in [1.54, 1.807) is 22.5 Å². The quantitative estimate of drug-likeness (QED) is 0.294. The largest absolute Gasteiger partial charge is 0.321 e. The number of fused-ring (bicyclic) bond motifs is 2. The summed E-state index contributed by atoms with van der Waals surface area (Å²) in [6.07, 6.45) is 10.00. The van der Waals surface area contributed by atoms with E-state index in [9.17, 15) is 0 Å². The Kier molecular flexibility index (Phi) is 6.11. The van der Waals surface area contributed by atoms with Crippen molar-refractivity contribution in [3.05, 3.63) is 82.9 Å². The Labute approximate surface area is 206 Å². The second kappa shape index (κ2) is 9.52. The molecule has 1 heterocycles. The van der Waals surface area contributed by atoms with Gasteiger partial charge >= 0.3 is 0 Å². The van der Waals surface area contributed by atoms with E-state index in [0.717, 1.165) is 10.5 Å². The fraction of sp³-hybridized carbons (Fsp3) is 0.367. The number of nitrogens with zero attached hydrogens (tertiary/aromatic N) is 1. The third-order valence-corrected chi connectivity index (χ3v) is 8.92. The smallest absolute Gasteiger partial charge is 0.124 e. The van der Waals surface area contributed by atoms with Gasteiger partial charge in [0.15, 0.2) is 0 Å². The summed E-state index contributed by atoms with van der Waals surface area (Å²) >= 11 is 1.78. The van der Waals surface area contributed by atoms with Gasteiger partial charge in [-0.2, -0.15) is 0 Å². The van der Waals surface area contributed by atoms with E-state index in [-0.39, 0.29) is 0 Å². The van der Waals surface area contributed by atoms with Gasteiger partial charge in [0.2, 0.25) is 0 Å². The van der Waals surface area contributed by atoms with Crippen LogP contribution in [-0.4, -0.2) is 11.0 Å². The highest BCUT2D eigenvalue weighted by Crippen LogP contribution is 2.36. The molecule has 1 saturated carbocycles. The zero-order chi connectivity index (χ0) is 22.9. The highest BCUT2D eigenvalue weighted by atomic mass is 32.1. The third kappa shape index (κ3) is 4.37. The second-order valence-corrected chi connectivity index (χ2v) is 11.1. The first-order valence-electron chi connectivity index (χ1n) is 12.8. The Bertz CT molecular complexity index is 1250. The summed E-state index contributed by atoms with van der Waals surface area (Å²) in [5.41, 5.74) is 16.9. The molecule has 0 amide bonds. The van der Waals surface area contributed by atoms with Gasteiger partial charge in [0.05, 0.1) is 15.9 Å². The fourth-order valence-electron chi connectivity index (χ4n) is 5.81. The van der Waals surface area contributed by atoms with E-state index in [4.69, 9.17) is 4.98 Å². The second-order valence-electron chi connectivity index (χ2n) is 10.0. The molecule has 2 aliphatic carbocycles. The van der Waals surface area contributed by atoms with Crippen LogP contribution in [0.15, 0.2) is 60.7 Å². The van der Waals surface area contributed by atoms with Crippen LogP contribution in [-0.2, 0) is 12.8 Å². The molecule has 4 heteroatoms. The van der Waals surface area contributed by atoms with Gasteiger partial charge in [0.1, 0.15) is 5.01 Å². The first kappa shape index (κ1) is 21.8. The molecule has 174 valence electrons. The Morgan fingerprint density at radius 1 is 0.824 bits per heavy atom. The molecule has 0 aliphatic heterocycles. The van der Waals surface area contributed by atoms with Crippen molar-refractivity contribution >= 4 is 27.2 Å². The average Bonchev–Trinajstić information content (AvgIpc) is 3.33. The zero-order valence-corrected chi connectivity index (χ0v) is 20.8. The molecule has 0 atom stereocenters. The molecule has 1 fully saturated rings. The number of thiazole rings is 1. The van der Waals surface area contributed by atoms with Crippen molar-refractivity contribution in [2.75, 3.05) is 5.43 Å². The number of para-hydroxylation sites is 1. The topological polar surface area (TPSA) is 37.0 Å². The van der Waals surface area contributed by atoms with Gasteiger partial charge in [0.25, 0.3) is 0 Å². The van der Waals surface area contributed by atoms with Crippen molar-refractivity contribution < 1.29 is 0 Å². The standard InChI is InChI=1S/C30H33N3S/c1-20-10-19-27(26-7-3-2-6-25(20)26)33-32-24-17-15-22(16-18-24)21-11-13-23(14-12-21)30-31-28-8-4-5-9-29(28)34-30/h4-5,8-14,19,22,24,32-33H,2-3,6-7,15-18H2,1H3. The predicted octanol–water partition coefficient (Wildman–Crippen LogP) is 7.79. The fourth-order valence-corrected chi connectivity index (χ4v) is 6.78. The Morgan fingerprint density at radius 2 is 1.59 bits per heavy atom. The maximum Gasteiger partial charge on any atom is 0.124 e. The van der Waals surface area contributed by atoms with Gasteiger partial charge in [-0.15, -0.1) is 11.3 Å². The number of aromatic nitrogens is 1. The maximum atomic E-state index is 4.82. The molecule has 6 rings (SSSR count). The summed E-state index contributed by atoms with van der Waals surface area (Å²) in [7, 11) is 0. The van der Waals surface area contributed by atoms with Crippen molar-refractivity contribution in [3.63, 3.8) is 0 Å². The Morgan fingerprint density at radius 3 is 2.38 bits per heavy atom. The van der Waals surface area contributed by atoms with Crippen LogP contribution in [0, 0.1) is 6.92 Å². The van der Waals surface area contributed by atoms with Crippen LogP contribution in [0.25, 0.3) is 20.8 Å². The molecule has 0 spiro atoms. The van der Waals surface area contributed by atoms with E-state index in [1.807, 2.05) is 0 Å². The van der Waals surface area contributed by atoms with E-state index >= 15 is 0 Å². The van der Waals surface area contributed by atoms with Gasteiger partial charge in [0, 0.05) is 11.6 Å². The van der Waals surface area contributed by atoms with Gasteiger partial charge < -0.3 is 5.43 Å². The van der Waals surface area contributed by atoms with Crippen LogP contribution < -0.4 is 10.9 Å². The molecule has 2 aliphatic rings. The number of rotatable bonds is 5. The predicted molar refractivity (Wildman–Crippen MR) is 145 cm³/mol. The molecular formula is C30H33N3S. The molecule has 1 aromatic heterocycles. The number of hydrazine groups is 1. The zero-order valence-electron chi connectivity index (χ0n) is 19.9. The van der Waals surface area contributed by atoms with Crippen LogP contribution in [0.2, 0.25) is 0 Å². The minimum atomic E-state index is 0.541. The van der Waals surface area contributed by atoms with Gasteiger partial charge in [-0.25, -0.2) is 10.4 Å². The maximum absolute atomic E-state index is 4.82. The summed E-state index contributed by atoms with van der Waals surface area (Å²) < 4.78 is 1.26. The van der Waals surface area contributed by atoms with E-state index < -0.39 is 0 Å². The van der Waals surface area contributed by atoms with Crippen LogP contribution in [0.4, 0.5) is 5.69 Å². The number of hydrogen-bond acceptors (Lipinski definition) is 4. The van der Waals surface area contributed by atoms with Crippen molar-refractivity contribution in [2.45, 2.75) is 70.3 Å². The third-order valence-electron chi connectivity index (χ3n) is 7.83. The number of aryl methyl sites for hydroxylation is 1. The molecule has 0 bridgehead atoms. The summed E-state index contributed by atoms with van der Waals surface area (Å²) in [6, 6.07) is 22.7. The monoisotopic (exact) mass is 467 g/mol. The average molecular weight is 468 g/mol. The molecule has 0 saturated heterocycles. The van der Waals surface area contributed by atoms with Crippen molar-refractivity contribution in [1.82, 2.24) is 10.4 Å². The van der Waals surface area contributed by atoms with Crippen molar-refractivity contribution in [1.29, 1.82) is 0 Å². The summed E-state index contributed by atoms with van der Waals surface area (Å²) in [5, 5.41) is 1.12. The van der Waals surface area contributed by atoms with Crippen LogP contribution in [0.1, 0.15) is 66.7 Å². The number of benzene rings is 3. The van der Waals surface area contributed by atoms with Crippen molar-refractivity contribution in [3.8, 4) is 10.6 Å². The molecule has 0 unspecified atom stereocenters. The Hall–Kier alpha value is -2.69. The summed E-state index contributed by atoms with van der Waals surface area (Å²) in [6.45, 7) is 2.26. The molecular weight excluding hydrogens is 434 g/mol. The molecule has 3 nitrogen and oxygen atoms in total. The molecule has 4 aromatic rings. The molecule has 2 N–H and O–H groups in total. The summed E-state index contributed by atoms with van der Waals surface area (Å²) in [4.78, 5) is 4.82. The van der Waals surface area contributed by atoms with E-state index in [1.165, 1.54) is 78.4 Å². The minimum Gasteiger partial charge on any atom is -0.321 e. The van der Waals surface area contributed by atoms with Crippen LogP contribution in [0.5, 0.6) is 0 Å². The molecule has 3 aromatic carbocycles. The first-order chi connectivity index (χ1) is 16.7. The minimum absolute atomic E-state index is 0.541. The normalized spacial score (nSPS) is 20.3. The van der Waals surface area contributed by atoms with Gasteiger partial charge in [-0.1, -0.05) is 42.5 Å². The number of hydrogen-bond donors (Lipinski definition) is 2.